The lowest BCUT2D eigenvalue weighted by molar-refractivity contribution is -0.120. The van der Waals surface area contributed by atoms with Gasteiger partial charge in [-0.05, 0) is 35.4 Å². The van der Waals surface area contributed by atoms with Gasteiger partial charge in [-0.2, -0.15) is 0 Å². The molecule has 0 saturated carbocycles. The van der Waals surface area contributed by atoms with Gasteiger partial charge in [0, 0.05) is 12.1 Å². The van der Waals surface area contributed by atoms with Crippen LogP contribution in [0.1, 0.15) is 57.0 Å². The van der Waals surface area contributed by atoms with Gasteiger partial charge < -0.3 is 10.6 Å². The molecule has 0 bridgehead atoms. The van der Waals surface area contributed by atoms with E-state index in [2.05, 4.69) is 45.3 Å². The summed E-state index contributed by atoms with van der Waals surface area (Å²) in [6.45, 7) is 11.3. The Hall–Kier alpha value is -1.84. The number of benzene rings is 1. The summed E-state index contributed by atoms with van der Waals surface area (Å²) >= 11 is 0. The maximum absolute atomic E-state index is 12.0. The lowest BCUT2D eigenvalue weighted by atomic mass is 9.87. The van der Waals surface area contributed by atoms with Crippen molar-refractivity contribution in [2.24, 2.45) is 5.92 Å². The molecular formula is C18H28N2O2. The molecule has 4 nitrogen and oxygen atoms in total. The number of hydrogen-bond acceptors (Lipinski definition) is 2. The van der Waals surface area contributed by atoms with E-state index < -0.39 is 0 Å². The van der Waals surface area contributed by atoms with Gasteiger partial charge in [0.2, 0.25) is 5.91 Å². The number of amides is 2. The SMILES string of the molecule is CC(C)CCNC(=O)CNC(=O)c1ccc(C(C)(C)C)cc1. The first-order chi connectivity index (χ1) is 10.2. The summed E-state index contributed by atoms with van der Waals surface area (Å²) in [6, 6.07) is 7.51. The molecular weight excluding hydrogens is 276 g/mol. The Morgan fingerprint density at radius 2 is 1.64 bits per heavy atom. The smallest absolute Gasteiger partial charge is 0.251 e. The molecule has 0 aliphatic carbocycles. The highest BCUT2D eigenvalue weighted by molar-refractivity contribution is 5.96. The molecule has 1 aromatic rings. The summed E-state index contributed by atoms with van der Waals surface area (Å²) in [4.78, 5) is 23.6. The first-order valence-electron chi connectivity index (χ1n) is 7.85. The molecule has 0 spiro atoms. The van der Waals surface area contributed by atoms with Crippen LogP contribution >= 0.6 is 0 Å². The molecule has 1 aromatic carbocycles. The van der Waals surface area contributed by atoms with Crippen LogP contribution in [0.3, 0.4) is 0 Å². The van der Waals surface area contributed by atoms with E-state index in [1.807, 2.05) is 12.1 Å². The van der Waals surface area contributed by atoms with Gasteiger partial charge in [0.15, 0.2) is 0 Å². The minimum absolute atomic E-state index is 0.0119. The average molecular weight is 304 g/mol. The summed E-state index contributed by atoms with van der Waals surface area (Å²) in [5.41, 5.74) is 1.81. The topological polar surface area (TPSA) is 58.2 Å². The van der Waals surface area contributed by atoms with E-state index in [1.165, 1.54) is 5.56 Å². The fourth-order valence-electron chi connectivity index (χ4n) is 1.95. The predicted octanol–water partition coefficient (Wildman–Crippen LogP) is 2.88. The molecule has 1 rings (SSSR count). The van der Waals surface area contributed by atoms with Crippen molar-refractivity contribution >= 4 is 11.8 Å². The number of carbonyl (C=O) groups excluding carboxylic acids is 2. The zero-order valence-corrected chi connectivity index (χ0v) is 14.3. The van der Waals surface area contributed by atoms with Crippen LogP contribution in [0, 0.1) is 5.92 Å². The monoisotopic (exact) mass is 304 g/mol. The van der Waals surface area contributed by atoms with Gasteiger partial charge in [0.05, 0.1) is 6.54 Å². The van der Waals surface area contributed by atoms with E-state index in [0.29, 0.717) is 18.0 Å². The summed E-state index contributed by atoms with van der Waals surface area (Å²) < 4.78 is 0. The van der Waals surface area contributed by atoms with E-state index in [4.69, 9.17) is 0 Å². The van der Waals surface area contributed by atoms with Crippen LogP contribution in [0.4, 0.5) is 0 Å². The molecule has 2 amide bonds. The van der Waals surface area contributed by atoms with Gasteiger partial charge in [-0.25, -0.2) is 0 Å². The quantitative estimate of drug-likeness (QED) is 0.849. The zero-order chi connectivity index (χ0) is 16.8. The molecule has 4 heteroatoms. The highest BCUT2D eigenvalue weighted by atomic mass is 16.2. The van der Waals surface area contributed by atoms with Crippen LogP contribution in [0.25, 0.3) is 0 Å². The fourth-order valence-corrected chi connectivity index (χ4v) is 1.95. The lowest BCUT2D eigenvalue weighted by Crippen LogP contribution is -2.37. The molecule has 0 unspecified atom stereocenters. The number of hydrogen-bond donors (Lipinski definition) is 2. The van der Waals surface area contributed by atoms with Crippen molar-refractivity contribution in [2.45, 2.75) is 46.5 Å². The van der Waals surface area contributed by atoms with E-state index >= 15 is 0 Å². The second-order valence-corrected chi connectivity index (χ2v) is 7.04. The molecule has 122 valence electrons. The van der Waals surface area contributed by atoms with Crippen molar-refractivity contribution < 1.29 is 9.59 Å². The third-order valence-electron chi connectivity index (χ3n) is 3.47. The van der Waals surface area contributed by atoms with Crippen molar-refractivity contribution in [3.05, 3.63) is 35.4 Å². The minimum Gasteiger partial charge on any atom is -0.355 e. The second-order valence-electron chi connectivity index (χ2n) is 7.04. The Bertz CT molecular complexity index is 499. The average Bonchev–Trinajstić information content (AvgIpc) is 2.43. The molecule has 0 fully saturated rings. The largest absolute Gasteiger partial charge is 0.355 e. The van der Waals surface area contributed by atoms with E-state index in [9.17, 15) is 9.59 Å². The molecule has 0 radical (unpaired) electrons. The van der Waals surface area contributed by atoms with Gasteiger partial charge in [0.1, 0.15) is 0 Å². The Morgan fingerprint density at radius 1 is 1.05 bits per heavy atom. The highest BCUT2D eigenvalue weighted by Crippen LogP contribution is 2.22. The van der Waals surface area contributed by atoms with Crippen LogP contribution < -0.4 is 10.6 Å². The Labute approximate surface area is 133 Å². The summed E-state index contributed by atoms with van der Waals surface area (Å²) in [6.07, 6.45) is 0.938. The standard InChI is InChI=1S/C18H28N2O2/c1-13(2)10-11-19-16(21)12-20-17(22)14-6-8-15(9-7-14)18(3,4)5/h6-9,13H,10-12H2,1-5H3,(H,19,21)(H,20,22). The fraction of sp³-hybridized carbons (Fsp3) is 0.556. The van der Waals surface area contributed by atoms with E-state index in [1.54, 1.807) is 12.1 Å². The number of nitrogens with one attached hydrogen (secondary N) is 2. The maximum Gasteiger partial charge on any atom is 0.251 e. The molecule has 2 N–H and O–H groups in total. The van der Waals surface area contributed by atoms with E-state index in [0.717, 1.165) is 6.42 Å². The van der Waals surface area contributed by atoms with Gasteiger partial charge >= 0.3 is 0 Å². The number of rotatable bonds is 6. The van der Waals surface area contributed by atoms with Crippen LogP contribution in [0.2, 0.25) is 0 Å². The maximum atomic E-state index is 12.0. The normalized spacial score (nSPS) is 11.4. The van der Waals surface area contributed by atoms with Gasteiger partial charge in [-0.1, -0.05) is 46.8 Å². The van der Waals surface area contributed by atoms with Crippen molar-refractivity contribution in [3.63, 3.8) is 0 Å². The van der Waals surface area contributed by atoms with Crippen LogP contribution in [0.5, 0.6) is 0 Å². The number of carbonyl (C=O) groups is 2. The van der Waals surface area contributed by atoms with Crippen LogP contribution in [-0.2, 0) is 10.2 Å². The van der Waals surface area contributed by atoms with Crippen molar-refractivity contribution in [1.82, 2.24) is 10.6 Å². The van der Waals surface area contributed by atoms with Crippen molar-refractivity contribution in [3.8, 4) is 0 Å². The summed E-state index contributed by atoms with van der Waals surface area (Å²) in [7, 11) is 0. The minimum atomic E-state index is -0.223. The molecule has 0 aliphatic heterocycles. The van der Waals surface area contributed by atoms with Gasteiger partial charge in [-0.3, -0.25) is 9.59 Å². The molecule has 0 aromatic heterocycles. The second kappa shape index (κ2) is 7.97. The van der Waals surface area contributed by atoms with Gasteiger partial charge in [0.25, 0.3) is 5.91 Å². The predicted molar refractivity (Wildman–Crippen MR) is 89.9 cm³/mol. The summed E-state index contributed by atoms with van der Waals surface area (Å²) in [5.74, 6) is 0.177. The Kier molecular flexibility index (Phi) is 6.60. The van der Waals surface area contributed by atoms with Crippen molar-refractivity contribution in [2.75, 3.05) is 13.1 Å². The molecule has 0 atom stereocenters. The van der Waals surface area contributed by atoms with Gasteiger partial charge in [-0.15, -0.1) is 0 Å². The molecule has 0 aliphatic rings. The first kappa shape index (κ1) is 18.2. The molecule has 0 heterocycles. The van der Waals surface area contributed by atoms with Crippen LogP contribution in [0.15, 0.2) is 24.3 Å². The third kappa shape index (κ3) is 6.29. The van der Waals surface area contributed by atoms with Crippen molar-refractivity contribution in [1.29, 1.82) is 0 Å². The third-order valence-corrected chi connectivity index (χ3v) is 3.47. The Balaban J connectivity index is 2.44. The summed E-state index contributed by atoms with van der Waals surface area (Å²) in [5, 5.41) is 5.44. The highest BCUT2D eigenvalue weighted by Gasteiger charge is 2.14. The van der Waals surface area contributed by atoms with E-state index in [-0.39, 0.29) is 23.8 Å². The molecule has 0 saturated heterocycles. The Morgan fingerprint density at radius 3 is 2.14 bits per heavy atom. The van der Waals surface area contributed by atoms with Crippen LogP contribution in [-0.4, -0.2) is 24.9 Å². The lowest BCUT2D eigenvalue weighted by Gasteiger charge is -2.19. The first-order valence-corrected chi connectivity index (χ1v) is 7.85. The zero-order valence-electron chi connectivity index (χ0n) is 14.3. The molecule has 22 heavy (non-hydrogen) atoms.